The van der Waals surface area contributed by atoms with Crippen molar-refractivity contribution in [3.05, 3.63) is 214 Å². The first-order valence-electron chi connectivity index (χ1n) is 39.0. The third-order valence-electron chi connectivity index (χ3n) is 17.3. The summed E-state index contributed by atoms with van der Waals surface area (Å²) in [7, 11) is 7.62. The van der Waals surface area contributed by atoms with Crippen molar-refractivity contribution in [2.75, 3.05) is 19.2 Å². The first kappa shape index (κ1) is 42.7. The summed E-state index contributed by atoms with van der Waals surface area (Å²) in [5, 5.41) is 3.21. The molecule has 0 fully saturated rings. The molecule has 4 aliphatic rings. The van der Waals surface area contributed by atoms with Crippen molar-refractivity contribution in [3.63, 3.8) is 0 Å². The Balaban J connectivity index is 0.000000129. The maximum Gasteiger partial charge on any atom is 0.447 e. The predicted molar refractivity (Wildman–Crippen MR) is 375 cm³/mol. The van der Waals surface area contributed by atoms with Crippen LogP contribution in [0.5, 0.6) is 0 Å². The van der Waals surface area contributed by atoms with Gasteiger partial charge in [-0.3, -0.25) is 19.2 Å². The summed E-state index contributed by atoms with van der Waals surface area (Å²) in [4.78, 5) is 25.1. The van der Waals surface area contributed by atoms with Gasteiger partial charge in [0.1, 0.15) is 22.8 Å². The Kier molecular flexibility index (Phi) is 11.2. The van der Waals surface area contributed by atoms with Gasteiger partial charge in [0, 0.05) is 127 Å². The Hall–Kier alpha value is -10.2. The summed E-state index contributed by atoms with van der Waals surface area (Å²) in [6.07, 6.45) is 22.7. The molecule has 20 heteroatoms. The van der Waals surface area contributed by atoms with Gasteiger partial charge >= 0.3 is 27.4 Å². The van der Waals surface area contributed by atoms with E-state index in [-0.39, 0.29) is 55.7 Å². The van der Waals surface area contributed by atoms with E-state index in [0.29, 0.717) is 45.4 Å². The van der Waals surface area contributed by atoms with Gasteiger partial charge in [-0.25, -0.2) is 38.2 Å². The second-order valence-corrected chi connectivity index (χ2v) is 23.4. The van der Waals surface area contributed by atoms with E-state index in [0.717, 1.165) is 78.3 Å². The Bertz CT molecular complexity index is 5740. The SMILES string of the molecule is [2H]C([2H])([2H])c1ccc(N2C=Cc3c(oc4nc(C([2H])([2H])[2H])ccc34)B2C)[n+](C)c1.[2H]C([2H])([2H])c1ccc2c3c(oc2n1)B(C)N(c1cccc[n+]1C)C=C3.[2H]C([2H])([2H])c1ccc2c3c(oc2n1)C=CN(c1cc(C)c(C([2H])([2H])[2H])c[n+]1C)B3C.[2H]C([2H])([2H])c1ccc2c3c(oc2n1)C=CN(c1cc(C)cc[n+]1C)B3C. The number of rotatable bonds is 4. The van der Waals surface area contributed by atoms with E-state index in [4.69, 9.17) is 42.3 Å². The van der Waals surface area contributed by atoms with Gasteiger partial charge in [-0.1, -0.05) is 6.07 Å². The molecule has 0 radical (unpaired) electrons. The van der Waals surface area contributed by atoms with Crippen molar-refractivity contribution in [1.29, 1.82) is 0 Å². The van der Waals surface area contributed by atoms with E-state index >= 15 is 0 Å². The van der Waals surface area contributed by atoms with Gasteiger partial charge in [-0.15, -0.1) is 0 Å². The van der Waals surface area contributed by atoms with E-state index < -0.39 is 41.1 Å². The third-order valence-corrected chi connectivity index (χ3v) is 17.3. The Morgan fingerprint density at radius 1 is 0.391 bits per heavy atom. The lowest BCUT2D eigenvalue weighted by molar-refractivity contribution is -0.658. The van der Waals surface area contributed by atoms with Gasteiger partial charge in [0.05, 0.1) is 77.8 Å². The number of hydrogen-bond acceptors (Lipinski definition) is 12. The fraction of sp³-hybridized carbons (Fsp3) is 0.222. The maximum absolute atomic E-state index is 7.73. The van der Waals surface area contributed by atoms with Crippen LogP contribution in [0.1, 0.15) is 92.4 Å². The molecule has 0 atom stereocenters. The summed E-state index contributed by atoms with van der Waals surface area (Å²) >= 11 is 0. The van der Waals surface area contributed by atoms with Gasteiger partial charge in [0.2, 0.25) is 22.9 Å². The molecule has 0 saturated carbocycles. The van der Waals surface area contributed by atoms with Crippen LogP contribution in [-0.4, -0.2) is 47.3 Å². The molecule has 4 aliphatic heterocycles. The molecular weight excluding hydrogens is 1140 g/mol. The molecule has 0 bridgehead atoms. The number of anilines is 4. The summed E-state index contributed by atoms with van der Waals surface area (Å²) in [5.41, 5.74) is 9.12. The van der Waals surface area contributed by atoms with Crippen LogP contribution in [0.15, 0.2) is 164 Å². The van der Waals surface area contributed by atoms with Crippen LogP contribution < -0.4 is 59.8 Å². The summed E-state index contributed by atoms with van der Waals surface area (Å²) in [6, 6.07) is 28.6. The number of furan rings is 4. The van der Waals surface area contributed by atoms with E-state index in [2.05, 4.69) is 66.8 Å². The second kappa shape index (κ2) is 24.2. The zero-order valence-corrected chi connectivity index (χ0v) is 52.5. The lowest BCUT2D eigenvalue weighted by Crippen LogP contribution is -2.50. The average molecular weight is 1230 g/mol. The topological polar surface area (TPSA) is 133 Å². The zero-order valence-electron chi connectivity index (χ0n) is 70.5. The van der Waals surface area contributed by atoms with Crippen LogP contribution in [0, 0.1) is 55.0 Å². The van der Waals surface area contributed by atoms with Crippen molar-refractivity contribution in [2.24, 2.45) is 28.2 Å². The van der Waals surface area contributed by atoms with Crippen LogP contribution in [-0.2, 0) is 28.2 Å². The Labute approximate surface area is 564 Å². The highest BCUT2D eigenvalue weighted by Crippen LogP contribution is 2.31. The highest BCUT2D eigenvalue weighted by atomic mass is 16.4. The lowest BCUT2D eigenvalue weighted by Gasteiger charge is -2.22. The molecule has 0 spiro atoms. The molecule has 0 unspecified atom stereocenters. The monoisotopic (exact) mass is 1230 g/mol. The minimum absolute atomic E-state index is 0.00290. The largest absolute Gasteiger partial charge is 0.447 e. The molecular formula is C72H76B4N12O4+4. The summed E-state index contributed by atoms with van der Waals surface area (Å²) in [5.74, 6) is 5.10. The van der Waals surface area contributed by atoms with Crippen LogP contribution in [0.3, 0.4) is 0 Å². The fourth-order valence-corrected chi connectivity index (χ4v) is 12.4. The van der Waals surface area contributed by atoms with Gasteiger partial charge in [-0.05, 0) is 183 Å². The van der Waals surface area contributed by atoms with Crippen LogP contribution >= 0.6 is 0 Å². The number of fused-ring (bicyclic) bond motifs is 12. The van der Waals surface area contributed by atoms with E-state index in [1.807, 2.05) is 135 Å². The van der Waals surface area contributed by atoms with Crippen molar-refractivity contribution < 1.29 is 60.6 Å². The minimum atomic E-state index is -2.30. The van der Waals surface area contributed by atoms with Gasteiger partial charge < -0.3 is 17.7 Å². The molecule has 12 aromatic rings. The molecule has 0 aromatic carbocycles. The van der Waals surface area contributed by atoms with Gasteiger partial charge in [0.15, 0.2) is 0 Å². The number of aryl methyl sites for hydroxylation is 12. The van der Waals surface area contributed by atoms with Crippen molar-refractivity contribution in [3.8, 4) is 0 Å². The van der Waals surface area contributed by atoms with Gasteiger partial charge in [-0.2, -0.15) is 0 Å². The molecule has 0 saturated heterocycles. The smallest absolute Gasteiger partial charge is 0.447 e. The van der Waals surface area contributed by atoms with Crippen LogP contribution in [0.2, 0.25) is 27.3 Å². The first-order chi connectivity index (χ1) is 51.5. The number of aromatic nitrogens is 8. The van der Waals surface area contributed by atoms with Crippen molar-refractivity contribution >= 4 is 142 Å². The van der Waals surface area contributed by atoms with Crippen molar-refractivity contribution in [2.45, 2.75) is 82.3 Å². The fourth-order valence-electron chi connectivity index (χ4n) is 12.4. The predicted octanol–water partition coefficient (Wildman–Crippen LogP) is 10.4. The third kappa shape index (κ3) is 11.1. The summed E-state index contributed by atoms with van der Waals surface area (Å²) < 4.78 is 168. The normalized spacial score (nSPS) is 17.5. The number of nitrogens with zero attached hydrogens (tertiary/aromatic N) is 12. The van der Waals surface area contributed by atoms with E-state index in [9.17, 15) is 0 Å². The molecule has 12 aromatic heterocycles. The summed E-state index contributed by atoms with van der Waals surface area (Å²) in [6.45, 7) is -1.74. The van der Waals surface area contributed by atoms with E-state index in [1.165, 1.54) is 17.7 Å². The zero-order chi connectivity index (χ0) is 79.5. The quantitative estimate of drug-likeness (QED) is 0.123. The average Bonchev–Trinajstić information content (AvgIpc) is 1.62. The van der Waals surface area contributed by atoms with Gasteiger partial charge in [0.25, 0.3) is 23.3 Å². The lowest BCUT2D eigenvalue weighted by atomic mass is 9.54. The highest BCUT2D eigenvalue weighted by molar-refractivity contribution is 6.80. The molecule has 16 rings (SSSR count). The molecule has 0 amide bonds. The van der Waals surface area contributed by atoms with Crippen LogP contribution in [0.25, 0.3) is 68.7 Å². The molecule has 92 heavy (non-hydrogen) atoms. The molecule has 0 aliphatic carbocycles. The molecule has 0 N–H and O–H groups in total. The van der Waals surface area contributed by atoms with E-state index in [1.54, 1.807) is 84.0 Å². The minimum Gasteiger partial charge on any atom is -0.447 e. The van der Waals surface area contributed by atoms with Crippen molar-refractivity contribution in [1.82, 2.24) is 19.9 Å². The molecule has 16 heterocycles. The standard InChI is InChI=1S/C19H21BN3O.2C18H19BN3O.C17H17BN3O/c1-12-10-17(22(5)11-13(12)2)23-9-8-16-18(20(23)4)15-7-6-14(3)21-19(15)24-16;1-12-5-8-16(21(4)11-12)22-10-9-14-15-7-6-13(2)20-18(15)23-17(14)19(22)3;1-12-7-9-21(4)16(11-12)22-10-8-15-17(19(22)3)14-6-5-13(2)20-18(14)23-15;1-12-7-8-14-13-9-11-21(15-6-4-5-10-20(15)3)18(2)16(13)22-17(14)19-12/h6-11H,1-5H3;2*5-11H,1-4H3;4-11H,1-3H3/q4*+1/i2D3,3D3;1D3,2D3;2D3;1D3. The molecule has 16 nitrogen and oxygen atoms in total. The Morgan fingerprint density at radius 2 is 0.848 bits per heavy atom. The Morgan fingerprint density at radius 3 is 1.34 bits per heavy atom. The highest BCUT2D eigenvalue weighted by Gasteiger charge is 2.42. The second-order valence-electron chi connectivity index (χ2n) is 23.4. The maximum atomic E-state index is 7.73. The number of hydrogen-bond donors (Lipinski definition) is 0. The van der Waals surface area contributed by atoms with Crippen LogP contribution in [0.4, 0.5) is 23.3 Å². The molecule has 456 valence electrons. The first-order valence-corrected chi connectivity index (χ1v) is 30.0. The number of pyridine rings is 8.